The molecule has 1 amide bonds. The van der Waals surface area contributed by atoms with Crippen LogP contribution in [0.25, 0.3) is 0 Å². The van der Waals surface area contributed by atoms with E-state index in [2.05, 4.69) is 21.2 Å². The molecule has 0 bridgehead atoms. The summed E-state index contributed by atoms with van der Waals surface area (Å²) in [5.41, 5.74) is 2.65. The molecular formula is C15H11BrN2O. The van der Waals surface area contributed by atoms with Gasteiger partial charge in [0.05, 0.1) is 11.3 Å². The number of nitrogens with zero attached hydrogens (tertiary/aromatic N) is 1. The number of halogens is 1. The van der Waals surface area contributed by atoms with E-state index in [1.54, 1.807) is 36.4 Å². The van der Waals surface area contributed by atoms with Crippen LogP contribution in [-0.2, 0) is 5.33 Å². The largest absolute Gasteiger partial charge is 0.321 e. The summed E-state index contributed by atoms with van der Waals surface area (Å²) in [5, 5.41) is 12.5. The topological polar surface area (TPSA) is 52.9 Å². The Hall–Kier alpha value is -2.12. The van der Waals surface area contributed by atoms with Crippen molar-refractivity contribution in [2.75, 3.05) is 5.32 Å². The molecule has 0 aromatic heterocycles. The fraction of sp³-hybridized carbons (Fsp3) is 0.0667. The third-order valence-electron chi connectivity index (χ3n) is 2.67. The maximum Gasteiger partial charge on any atom is 0.255 e. The van der Waals surface area contributed by atoms with Crippen molar-refractivity contribution in [3.63, 3.8) is 0 Å². The first kappa shape index (κ1) is 13.3. The van der Waals surface area contributed by atoms with E-state index in [4.69, 9.17) is 5.26 Å². The highest BCUT2D eigenvalue weighted by Crippen LogP contribution is 2.15. The Kier molecular flexibility index (Phi) is 4.32. The Bertz CT molecular complexity index is 629. The molecule has 0 saturated heterocycles. The molecule has 0 aliphatic rings. The minimum absolute atomic E-state index is 0.219. The minimum atomic E-state index is -0.219. The van der Waals surface area contributed by atoms with E-state index < -0.39 is 0 Å². The van der Waals surface area contributed by atoms with E-state index in [-0.39, 0.29) is 5.91 Å². The zero-order valence-electron chi connectivity index (χ0n) is 10.1. The van der Waals surface area contributed by atoms with Crippen molar-refractivity contribution >= 4 is 27.5 Å². The molecule has 0 saturated carbocycles. The molecule has 0 spiro atoms. The molecule has 0 atom stereocenters. The van der Waals surface area contributed by atoms with Gasteiger partial charge in [-0.2, -0.15) is 5.26 Å². The predicted molar refractivity (Wildman–Crippen MR) is 78.2 cm³/mol. The first-order valence-electron chi connectivity index (χ1n) is 5.70. The number of carbonyl (C=O) groups excluding carboxylic acids is 1. The maximum absolute atomic E-state index is 12.0. The van der Waals surface area contributed by atoms with Crippen molar-refractivity contribution in [2.45, 2.75) is 5.33 Å². The quantitative estimate of drug-likeness (QED) is 0.878. The third-order valence-corrected chi connectivity index (χ3v) is 3.31. The van der Waals surface area contributed by atoms with Crippen molar-refractivity contribution in [1.29, 1.82) is 5.26 Å². The van der Waals surface area contributed by atoms with Crippen LogP contribution in [-0.4, -0.2) is 5.91 Å². The standard InChI is InChI=1S/C15H11BrN2O/c16-9-11-5-7-12(8-6-11)15(19)18-14-4-2-1-3-13(14)10-17/h1-8H,9H2,(H,18,19). The molecule has 0 radical (unpaired) electrons. The number of rotatable bonds is 3. The molecule has 0 aliphatic carbocycles. The van der Waals surface area contributed by atoms with Crippen LogP contribution >= 0.6 is 15.9 Å². The van der Waals surface area contributed by atoms with Crippen LogP contribution in [0.2, 0.25) is 0 Å². The second kappa shape index (κ2) is 6.17. The number of hydrogen-bond acceptors (Lipinski definition) is 2. The lowest BCUT2D eigenvalue weighted by atomic mass is 10.1. The predicted octanol–water partition coefficient (Wildman–Crippen LogP) is 3.71. The summed E-state index contributed by atoms with van der Waals surface area (Å²) >= 11 is 3.36. The van der Waals surface area contributed by atoms with Crippen LogP contribution in [0.1, 0.15) is 21.5 Å². The molecule has 0 aliphatic heterocycles. The molecule has 0 unspecified atom stereocenters. The van der Waals surface area contributed by atoms with Gasteiger partial charge in [-0.25, -0.2) is 0 Å². The summed E-state index contributed by atoms with van der Waals surface area (Å²) in [6, 6.07) is 16.3. The molecule has 2 aromatic carbocycles. The summed E-state index contributed by atoms with van der Waals surface area (Å²) in [6.07, 6.45) is 0. The van der Waals surface area contributed by atoms with Gasteiger partial charge in [-0.3, -0.25) is 4.79 Å². The average molecular weight is 315 g/mol. The average Bonchev–Trinajstić information content (AvgIpc) is 2.48. The van der Waals surface area contributed by atoms with Crippen molar-refractivity contribution in [2.24, 2.45) is 0 Å². The van der Waals surface area contributed by atoms with Crippen molar-refractivity contribution in [3.8, 4) is 6.07 Å². The first-order chi connectivity index (χ1) is 9.24. The fourth-order valence-electron chi connectivity index (χ4n) is 1.63. The van der Waals surface area contributed by atoms with E-state index >= 15 is 0 Å². The SMILES string of the molecule is N#Cc1ccccc1NC(=O)c1ccc(CBr)cc1. The Morgan fingerprint density at radius 2 is 1.84 bits per heavy atom. The molecule has 19 heavy (non-hydrogen) atoms. The third kappa shape index (κ3) is 3.21. The number of amides is 1. The van der Waals surface area contributed by atoms with Gasteiger partial charge in [0.25, 0.3) is 5.91 Å². The summed E-state index contributed by atoms with van der Waals surface area (Å²) in [5.74, 6) is -0.219. The van der Waals surface area contributed by atoms with Crippen LogP contribution in [0, 0.1) is 11.3 Å². The van der Waals surface area contributed by atoms with Crippen LogP contribution in [0.5, 0.6) is 0 Å². The van der Waals surface area contributed by atoms with E-state index in [9.17, 15) is 4.79 Å². The number of benzene rings is 2. The lowest BCUT2D eigenvalue weighted by Crippen LogP contribution is -2.12. The summed E-state index contributed by atoms with van der Waals surface area (Å²) in [4.78, 5) is 12.0. The van der Waals surface area contributed by atoms with Gasteiger partial charge in [0.2, 0.25) is 0 Å². The molecule has 94 valence electrons. The minimum Gasteiger partial charge on any atom is -0.321 e. The van der Waals surface area contributed by atoms with Crippen LogP contribution in [0.3, 0.4) is 0 Å². The van der Waals surface area contributed by atoms with Gasteiger partial charge < -0.3 is 5.32 Å². The zero-order chi connectivity index (χ0) is 13.7. The molecule has 2 rings (SSSR count). The fourth-order valence-corrected chi connectivity index (χ4v) is 2.00. The molecule has 4 heteroatoms. The van der Waals surface area contributed by atoms with Crippen molar-refractivity contribution < 1.29 is 4.79 Å². The van der Waals surface area contributed by atoms with Gasteiger partial charge in [0, 0.05) is 10.9 Å². The van der Waals surface area contributed by atoms with Crippen LogP contribution in [0.15, 0.2) is 48.5 Å². The summed E-state index contributed by atoms with van der Waals surface area (Å²) < 4.78 is 0. The maximum atomic E-state index is 12.0. The van der Waals surface area contributed by atoms with E-state index in [1.807, 2.05) is 18.2 Å². The van der Waals surface area contributed by atoms with Gasteiger partial charge in [-0.1, -0.05) is 40.2 Å². The van der Waals surface area contributed by atoms with Gasteiger partial charge in [-0.05, 0) is 29.8 Å². The van der Waals surface area contributed by atoms with Crippen molar-refractivity contribution in [1.82, 2.24) is 0 Å². The number of nitriles is 1. The molecule has 2 aromatic rings. The van der Waals surface area contributed by atoms with E-state index in [0.717, 1.165) is 10.9 Å². The number of anilines is 1. The Balaban J connectivity index is 2.18. The van der Waals surface area contributed by atoms with E-state index in [1.165, 1.54) is 0 Å². The number of hydrogen-bond donors (Lipinski definition) is 1. The number of alkyl halides is 1. The Morgan fingerprint density at radius 3 is 2.47 bits per heavy atom. The monoisotopic (exact) mass is 314 g/mol. The second-order valence-electron chi connectivity index (χ2n) is 3.94. The lowest BCUT2D eigenvalue weighted by Gasteiger charge is -2.07. The van der Waals surface area contributed by atoms with Crippen LogP contribution < -0.4 is 5.32 Å². The Morgan fingerprint density at radius 1 is 1.16 bits per heavy atom. The molecule has 0 fully saturated rings. The molecular weight excluding hydrogens is 304 g/mol. The van der Waals surface area contributed by atoms with E-state index in [0.29, 0.717) is 16.8 Å². The highest BCUT2D eigenvalue weighted by molar-refractivity contribution is 9.08. The highest BCUT2D eigenvalue weighted by Gasteiger charge is 2.08. The number of carbonyl (C=O) groups is 1. The normalized spacial score (nSPS) is 9.68. The molecule has 1 N–H and O–H groups in total. The van der Waals surface area contributed by atoms with Gasteiger partial charge in [-0.15, -0.1) is 0 Å². The van der Waals surface area contributed by atoms with Gasteiger partial charge >= 0.3 is 0 Å². The van der Waals surface area contributed by atoms with Crippen molar-refractivity contribution in [3.05, 3.63) is 65.2 Å². The smallest absolute Gasteiger partial charge is 0.255 e. The van der Waals surface area contributed by atoms with Gasteiger partial charge in [0.15, 0.2) is 0 Å². The molecule has 0 heterocycles. The first-order valence-corrected chi connectivity index (χ1v) is 6.82. The summed E-state index contributed by atoms with van der Waals surface area (Å²) in [6.45, 7) is 0. The number of para-hydroxylation sites is 1. The number of nitrogens with one attached hydrogen (secondary N) is 1. The van der Waals surface area contributed by atoms with Crippen LogP contribution in [0.4, 0.5) is 5.69 Å². The lowest BCUT2D eigenvalue weighted by molar-refractivity contribution is 0.102. The molecule has 3 nitrogen and oxygen atoms in total. The summed E-state index contributed by atoms with van der Waals surface area (Å²) in [7, 11) is 0. The second-order valence-corrected chi connectivity index (χ2v) is 4.50. The van der Waals surface area contributed by atoms with Gasteiger partial charge in [0.1, 0.15) is 6.07 Å². The Labute approximate surface area is 120 Å². The zero-order valence-corrected chi connectivity index (χ0v) is 11.6. The highest BCUT2D eigenvalue weighted by atomic mass is 79.9.